The topological polar surface area (TPSA) is 63.5 Å². The third kappa shape index (κ3) is 3.24. The molecule has 0 bridgehead atoms. The van der Waals surface area contributed by atoms with Gasteiger partial charge in [-0.15, -0.1) is 0 Å². The highest BCUT2D eigenvalue weighted by molar-refractivity contribution is 5.94. The second-order valence-corrected chi connectivity index (χ2v) is 7.25. The minimum absolute atomic E-state index is 0.0749. The number of carbonyl (C=O) groups is 1. The molecule has 2 saturated heterocycles. The van der Waals surface area contributed by atoms with E-state index in [1.165, 1.54) is 5.56 Å². The monoisotopic (exact) mass is 355 g/mol. The van der Waals surface area contributed by atoms with Crippen LogP contribution in [0.1, 0.15) is 22.3 Å². The lowest BCUT2D eigenvalue weighted by Gasteiger charge is -2.41. The summed E-state index contributed by atoms with van der Waals surface area (Å²) in [5.41, 5.74) is 1.86. The normalized spacial score (nSPS) is 26.1. The summed E-state index contributed by atoms with van der Waals surface area (Å²) in [6, 6.07) is 4.24. The maximum Gasteiger partial charge on any atom is 0.257 e. The number of methoxy groups -OCH3 is 1. The molecule has 0 aromatic carbocycles. The molecule has 4 heterocycles. The van der Waals surface area contributed by atoms with Crippen molar-refractivity contribution >= 4 is 5.91 Å². The molecule has 7 heteroatoms. The van der Waals surface area contributed by atoms with Crippen LogP contribution in [0.3, 0.4) is 0 Å². The molecule has 0 radical (unpaired) electrons. The molecule has 0 spiro atoms. The molecular formula is C19H25N5O2. The van der Waals surface area contributed by atoms with Crippen LogP contribution in [0.15, 0.2) is 36.9 Å². The van der Waals surface area contributed by atoms with Gasteiger partial charge in [0.1, 0.15) is 0 Å². The van der Waals surface area contributed by atoms with Gasteiger partial charge in [0, 0.05) is 64.8 Å². The molecule has 2 aliphatic heterocycles. The minimum atomic E-state index is 0.0749. The second kappa shape index (κ2) is 7.17. The predicted octanol–water partition coefficient (Wildman–Crippen LogP) is 1.18. The Morgan fingerprint density at radius 1 is 1.35 bits per heavy atom. The van der Waals surface area contributed by atoms with Gasteiger partial charge in [-0.1, -0.05) is 6.07 Å². The maximum absolute atomic E-state index is 13.0. The van der Waals surface area contributed by atoms with Gasteiger partial charge in [0.2, 0.25) is 0 Å². The van der Waals surface area contributed by atoms with E-state index in [2.05, 4.69) is 21.0 Å². The van der Waals surface area contributed by atoms with Crippen molar-refractivity contribution in [3.8, 4) is 0 Å². The Bertz CT molecular complexity index is 762. The van der Waals surface area contributed by atoms with E-state index in [0.29, 0.717) is 11.5 Å². The lowest BCUT2D eigenvalue weighted by Crippen LogP contribution is -2.53. The summed E-state index contributed by atoms with van der Waals surface area (Å²) in [6.07, 6.45) is 8.24. The number of amides is 1. The van der Waals surface area contributed by atoms with Gasteiger partial charge >= 0.3 is 0 Å². The Kier molecular flexibility index (Phi) is 4.74. The Hall–Kier alpha value is -2.25. The number of pyridine rings is 1. The van der Waals surface area contributed by atoms with E-state index >= 15 is 0 Å². The second-order valence-electron chi connectivity index (χ2n) is 7.25. The number of hydrogen-bond donors (Lipinski definition) is 0. The molecule has 1 amide bonds. The van der Waals surface area contributed by atoms with Crippen LogP contribution in [0.2, 0.25) is 0 Å². The Morgan fingerprint density at radius 3 is 2.92 bits per heavy atom. The minimum Gasteiger partial charge on any atom is -0.381 e. The van der Waals surface area contributed by atoms with Gasteiger partial charge in [-0.2, -0.15) is 5.10 Å². The number of aromatic nitrogens is 3. The molecule has 2 aliphatic rings. The average molecular weight is 355 g/mol. The predicted molar refractivity (Wildman–Crippen MR) is 96.5 cm³/mol. The van der Waals surface area contributed by atoms with Crippen LogP contribution >= 0.6 is 0 Å². The van der Waals surface area contributed by atoms with E-state index in [1.807, 2.05) is 24.2 Å². The molecule has 0 saturated carbocycles. The highest BCUT2D eigenvalue weighted by Crippen LogP contribution is 2.34. The molecular weight excluding hydrogens is 330 g/mol. The summed E-state index contributed by atoms with van der Waals surface area (Å²) in [5.74, 6) is 0.414. The van der Waals surface area contributed by atoms with Gasteiger partial charge in [0.05, 0.1) is 23.9 Å². The Labute approximate surface area is 153 Å². The van der Waals surface area contributed by atoms with Crippen molar-refractivity contribution in [2.24, 2.45) is 13.0 Å². The largest absolute Gasteiger partial charge is 0.381 e. The SMILES string of the molecule is CO[C@@H]1CCN(C(=O)c2cnn(C)c2)[C@H]2CN(Cc3cccnc3)C[C@@H]12. The number of fused-ring (bicyclic) bond motifs is 1. The summed E-state index contributed by atoms with van der Waals surface area (Å²) < 4.78 is 7.42. The molecule has 3 atom stereocenters. The lowest BCUT2D eigenvalue weighted by atomic mass is 9.88. The van der Waals surface area contributed by atoms with Crippen LogP contribution in [-0.2, 0) is 18.3 Å². The van der Waals surface area contributed by atoms with Crippen molar-refractivity contribution in [3.63, 3.8) is 0 Å². The number of aryl methyl sites for hydroxylation is 1. The zero-order valence-electron chi connectivity index (χ0n) is 15.3. The lowest BCUT2D eigenvalue weighted by molar-refractivity contribution is -0.0156. The first-order valence-electron chi connectivity index (χ1n) is 9.09. The van der Waals surface area contributed by atoms with Gasteiger partial charge in [-0.3, -0.25) is 19.4 Å². The molecule has 2 aromatic heterocycles. The molecule has 4 rings (SSSR count). The van der Waals surface area contributed by atoms with Crippen molar-refractivity contribution in [2.45, 2.75) is 25.1 Å². The molecule has 2 aromatic rings. The Morgan fingerprint density at radius 2 is 2.23 bits per heavy atom. The number of piperidine rings is 1. The Balaban J connectivity index is 1.52. The van der Waals surface area contributed by atoms with Crippen LogP contribution in [0.25, 0.3) is 0 Å². The summed E-state index contributed by atoms with van der Waals surface area (Å²) in [4.78, 5) is 21.7. The smallest absolute Gasteiger partial charge is 0.257 e. The highest BCUT2D eigenvalue weighted by atomic mass is 16.5. The van der Waals surface area contributed by atoms with Crippen molar-refractivity contribution in [1.82, 2.24) is 24.6 Å². The first-order valence-corrected chi connectivity index (χ1v) is 9.09. The van der Waals surface area contributed by atoms with Crippen molar-refractivity contribution in [3.05, 3.63) is 48.0 Å². The first kappa shape index (κ1) is 17.2. The zero-order chi connectivity index (χ0) is 18.1. The number of likely N-dealkylation sites (tertiary alicyclic amines) is 2. The van der Waals surface area contributed by atoms with E-state index in [4.69, 9.17) is 4.74 Å². The van der Waals surface area contributed by atoms with E-state index in [0.717, 1.165) is 32.6 Å². The quantitative estimate of drug-likeness (QED) is 0.824. The summed E-state index contributed by atoms with van der Waals surface area (Å²) >= 11 is 0. The van der Waals surface area contributed by atoms with E-state index in [9.17, 15) is 4.79 Å². The fourth-order valence-electron chi connectivity index (χ4n) is 4.36. The number of carbonyl (C=O) groups excluding carboxylic acids is 1. The van der Waals surface area contributed by atoms with Crippen LogP contribution in [0, 0.1) is 5.92 Å². The van der Waals surface area contributed by atoms with Crippen molar-refractivity contribution in [2.75, 3.05) is 26.7 Å². The standard InChI is InChI=1S/C19H25N5O2/c1-22-11-15(9-21-22)19(25)24-7-5-18(26-2)16-12-23(13-17(16)24)10-14-4-3-6-20-8-14/h3-4,6,8-9,11,16-18H,5,7,10,12-13H2,1-2H3/t16-,17+,18-/m1/s1. The third-order valence-corrected chi connectivity index (χ3v) is 5.59. The van der Waals surface area contributed by atoms with E-state index < -0.39 is 0 Å². The number of rotatable bonds is 4. The van der Waals surface area contributed by atoms with Gasteiger partial charge in [0.25, 0.3) is 5.91 Å². The van der Waals surface area contributed by atoms with Crippen LogP contribution in [-0.4, -0.2) is 69.4 Å². The first-order chi connectivity index (χ1) is 12.7. The molecule has 2 fully saturated rings. The van der Waals surface area contributed by atoms with Crippen LogP contribution in [0.4, 0.5) is 0 Å². The van der Waals surface area contributed by atoms with Gasteiger partial charge < -0.3 is 9.64 Å². The van der Waals surface area contributed by atoms with Crippen LogP contribution in [0.5, 0.6) is 0 Å². The highest BCUT2D eigenvalue weighted by Gasteiger charge is 2.46. The van der Waals surface area contributed by atoms with Crippen molar-refractivity contribution < 1.29 is 9.53 Å². The van der Waals surface area contributed by atoms with Gasteiger partial charge in [0.15, 0.2) is 0 Å². The van der Waals surface area contributed by atoms with Gasteiger partial charge in [-0.25, -0.2) is 0 Å². The van der Waals surface area contributed by atoms with Crippen LogP contribution < -0.4 is 0 Å². The third-order valence-electron chi connectivity index (χ3n) is 5.59. The molecule has 0 unspecified atom stereocenters. The molecule has 7 nitrogen and oxygen atoms in total. The summed E-state index contributed by atoms with van der Waals surface area (Å²) in [7, 11) is 3.62. The summed E-state index contributed by atoms with van der Waals surface area (Å²) in [5, 5.41) is 4.15. The van der Waals surface area contributed by atoms with Crippen molar-refractivity contribution in [1.29, 1.82) is 0 Å². The maximum atomic E-state index is 13.0. The fraction of sp³-hybridized carbons (Fsp3) is 0.526. The molecule has 138 valence electrons. The zero-order valence-corrected chi connectivity index (χ0v) is 15.3. The van der Waals surface area contributed by atoms with Gasteiger partial charge in [-0.05, 0) is 18.1 Å². The summed E-state index contributed by atoms with van der Waals surface area (Å²) in [6.45, 7) is 3.39. The number of nitrogens with zero attached hydrogens (tertiary/aromatic N) is 5. The fourth-order valence-corrected chi connectivity index (χ4v) is 4.36. The molecule has 0 aliphatic carbocycles. The average Bonchev–Trinajstić information content (AvgIpc) is 3.27. The molecule has 0 N–H and O–H groups in total. The number of hydrogen-bond acceptors (Lipinski definition) is 5. The van der Waals surface area contributed by atoms with E-state index in [-0.39, 0.29) is 18.1 Å². The molecule has 26 heavy (non-hydrogen) atoms. The number of ether oxygens (including phenoxy) is 1. The van der Waals surface area contributed by atoms with E-state index in [1.54, 1.807) is 30.4 Å².